The van der Waals surface area contributed by atoms with Crippen LogP contribution in [0.15, 0.2) is 48.5 Å². The van der Waals surface area contributed by atoms with Gasteiger partial charge in [-0.2, -0.15) is 0 Å². The van der Waals surface area contributed by atoms with Gasteiger partial charge >= 0.3 is 0 Å². The van der Waals surface area contributed by atoms with Gasteiger partial charge in [0, 0.05) is 17.8 Å². The highest BCUT2D eigenvalue weighted by Gasteiger charge is 2.16. The van der Waals surface area contributed by atoms with E-state index in [4.69, 9.17) is 4.74 Å². The van der Waals surface area contributed by atoms with Gasteiger partial charge in [0.2, 0.25) is 0 Å². The van der Waals surface area contributed by atoms with Gasteiger partial charge in [0.1, 0.15) is 5.75 Å². The number of benzene rings is 2. The van der Waals surface area contributed by atoms with E-state index in [1.54, 1.807) is 13.0 Å². The molecule has 0 bridgehead atoms. The van der Waals surface area contributed by atoms with Crippen LogP contribution in [0.2, 0.25) is 0 Å². The van der Waals surface area contributed by atoms with Crippen LogP contribution in [0.5, 0.6) is 5.75 Å². The number of carbonyl (C=O) groups excluding carboxylic acids is 1. The number of nitro benzene ring substituents is 1. The van der Waals surface area contributed by atoms with Crippen LogP contribution in [0.25, 0.3) is 0 Å². The number of ether oxygens (including phenoxy) is 1. The number of carbonyl (C=O) groups is 1. The fourth-order valence-electron chi connectivity index (χ4n) is 2.22. The van der Waals surface area contributed by atoms with Crippen molar-refractivity contribution >= 4 is 17.3 Å². The summed E-state index contributed by atoms with van der Waals surface area (Å²) < 4.78 is 5.61. The van der Waals surface area contributed by atoms with Crippen LogP contribution in [0, 0.1) is 10.1 Å². The molecule has 0 aliphatic rings. The molecular formula is C18H20N2O4. The van der Waals surface area contributed by atoms with Crippen LogP contribution >= 0.6 is 0 Å². The Labute approximate surface area is 140 Å². The molecule has 0 saturated heterocycles. The van der Waals surface area contributed by atoms with Crippen LogP contribution in [0.3, 0.4) is 0 Å². The number of non-ortho nitro benzene ring substituents is 1. The maximum atomic E-state index is 12.2. The topological polar surface area (TPSA) is 81.5 Å². The molecule has 24 heavy (non-hydrogen) atoms. The van der Waals surface area contributed by atoms with Gasteiger partial charge < -0.3 is 10.1 Å². The lowest BCUT2D eigenvalue weighted by Crippen LogP contribution is -2.30. The summed E-state index contributed by atoms with van der Waals surface area (Å²) in [5, 5.41) is 13.4. The van der Waals surface area contributed by atoms with Gasteiger partial charge in [0.05, 0.1) is 4.92 Å². The van der Waals surface area contributed by atoms with Crippen LogP contribution in [-0.4, -0.2) is 16.9 Å². The second kappa shape index (κ2) is 8.10. The third kappa shape index (κ3) is 4.81. The van der Waals surface area contributed by atoms with Crippen molar-refractivity contribution < 1.29 is 14.5 Å². The Kier molecular flexibility index (Phi) is 5.89. The van der Waals surface area contributed by atoms with E-state index in [2.05, 4.69) is 12.2 Å². The zero-order valence-corrected chi connectivity index (χ0v) is 13.7. The van der Waals surface area contributed by atoms with Gasteiger partial charge in [-0.05, 0) is 37.1 Å². The fourth-order valence-corrected chi connectivity index (χ4v) is 2.22. The number of rotatable bonds is 7. The zero-order valence-electron chi connectivity index (χ0n) is 13.7. The molecule has 2 aromatic carbocycles. The number of hydrogen-bond donors (Lipinski definition) is 1. The summed E-state index contributed by atoms with van der Waals surface area (Å²) in [5.74, 6) is 0.240. The molecule has 0 heterocycles. The number of nitrogens with one attached hydrogen (secondary N) is 1. The quantitative estimate of drug-likeness (QED) is 0.616. The number of hydrogen-bond acceptors (Lipinski definition) is 4. The van der Waals surface area contributed by atoms with Crippen LogP contribution in [0.4, 0.5) is 11.4 Å². The first-order valence-corrected chi connectivity index (χ1v) is 7.80. The largest absolute Gasteiger partial charge is 0.481 e. The Balaban J connectivity index is 1.96. The molecule has 2 rings (SSSR count). The summed E-state index contributed by atoms with van der Waals surface area (Å²) in [5.41, 5.74) is 1.51. The molecule has 6 heteroatoms. The first-order chi connectivity index (χ1) is 11.5. The highest BCUT2D eigenvalue weighted by molar-refractivity contribution is 5.94. The van der Waals surface area contributed by atoms with E-state index in [0.29, 0.717) is 11.4 Å². The first kappa shape index (κ1) is 17.5. The van der Waals surface area contributed by atoms with Gasteiger partial charge in [-0.15, -0.1) is 0 Å². The number of nitro groups is 1. The number of aryl methyl sites for hydroxylation is 1. The van der Waals surface area contributed by atoms with Gasteiger partial charge in [-0.1, -0.05) is 31.5 Å². The van der Waals surface area contributed by atoms with Crippen molar-refractivity contribution in [2.24, 2.45) is 0 Å². The van der Waals surface area contributed by atoms with Crippen LogP contribution in [-0.2, 0) is 11.2 Å². The minimum atomic E-state index is -0.721. The third-order valence-electron chi connectivity index (χ3n) is 3.47. The lowest BCUT2D eigenvalue weighted by atomic mass is 10.1. The smallest absolute Gasteiger partial charge is 0.271 e. The van der Waals surface area contributed by atoms with Crippen molar-refractivity contribution in [1.29, 1.82) is 0 Å². The molecule has 0 saturated carbocycles. The molecule has 0 aliphatic heterocycles. The first-order valence-electron chi connectivity index (χ1n) is 7.80. The maximum absolute atomic E-state index is 12.2. The zero-order chi connectivity index (χ0) is 17.5. The highest BCUT2D eigenvalue weighted by Crippen LogP contribution is 2.18. The van der Waals surface area contributed by atoms with Gasteiger partial charge in [-0.3, -0.25) is 14.9 Å². The number of anilines is 1. The molecule has 126 valence electrons. The van der Waals surface area contributed by atoms with Crippen molar-refractivity contribution in [2.45, 2.75) is 32.8 Å². The van der Waals surface area contributed by atoms with E-state index in [0.717, 1.165) is 12.8 Å². The van der Waals surface area contributed by atoms with E-state index >= 15 is 0 Å². The molecule has 0 fully saturated rings. The van der Waals surface area contributed by atoms with E-state index in [1.807, 2.05) is 24.3 Å². The average molecular weight is 328 g/mol. The normalized spacial score (nSPS) is 11.6. The minimum Gasteiger partial charge on any atom is -0.481 e. The molecule has 1 N–H and O–H groups in total. The van der Waals surface area contributed by atoms with Crippen molar-refractivity contribution in [3.05, 3.63) is 64.2 Å². The Morgan fingerprint density at radius 3 is 2.58 bits per heavy atom. The van der Waals surface area contributed by atoms with E-state index < -0.39 is 11.0 Å². The van der Waals surface area contributed by atoms with Crippen molar-refractivity contribution in [3.63, 3.8) is 0 Å². The third-order valence-corrected chi connectivity index (χ3v) is 3.47. The summed E-state index contributed by atoms with van der Waals surface area (Å²) in [4.78, 5) is 22.4. The average Bonchev–Trinajstić information content (AvgIpc) is 2.57. The predicted octanol–water partition coefficient (Wildman–Crippen LogP) is 3.95. The minimum absolute atomic E-state index is 0.0760. The number of amides is 1. The Morgan fingerprint density at radius 2 is 1.96 bits per heavy atom. The van der Waals surface area contributed by atoms with Crippen LogP contribution in [0.1, 0.15) is 25.8 Å². The molecule has 0 radical (unpaired) electrons. The van der Waals surface area contributed by atoms with Gasteiger partial charge in [0.25, 0.3) is 11.6 Å². The van der Waals surface area contributed by atoms with Crippen molar-refractivity contribution in [1.82, 2.24) is 0 Å². The Morgan fingerprint density at radius 1 is 1.25 bits per heavy atom. The second-order valence-corrected chi connectivity index (χ2v) is 5.45. The Bertz CT molecular complexity index is 713. The molecule has 1 atom stereocenters. The Hall–Kier alpha value is -2.89. The van der Waals surface area contributed by atoms with Crippen molar-refractivity contribution in [3.8, 4) is 5.75 Å². The number of nitrogens with zero attached hydrogens (tertiary/aromatic N) is 1. The molecule has 0 aliphatic carbocycles. The fraction of sp³-hybridized carbons (Fsp3) is 0.278. The molecule has 0 aromatic heterocycles. The molecule has 6 nitrogen and oxygen atoms in total. The second-order valence-electron chi connectivity index (χ2n) is 5.45. The SMILES string of the molecule is CCCc1ccc(OC(C)C(=O)Nc2cccc([N+](=O)[O-])c2)cc1. The summed E-state index contributed by atoms with van der Waals surface area (Å²) >= 11 is 0. The lowest BCUT2D eigenvalue weighted by Gasteiger charge is -2.15. The standard InChI is InChI=1S/C18H20N2O4/c1-3-5-14-8-10-17(11-9-14)24-13(2)18(21)19-15-6-4-7-16(12-15)20(22)23/h4,6-13H,3,5H2,1-2H3,(H,19,21). The van der Waals surface area contributed by atoms with E-state index in [-0.39, 0.29) is 11.6 Å². The molecule has 1 unspecified atom stereocenters. The predicted molar refractivity (Wildman–Crippen MR) is 92.3 cm³/mol. The molecule has 1 amide bonds. The van der Waals surface area contributed by atoms with Crippen LogP contribution < -0.4 is 10.1 Å². The maximum Gasteiger partial charge on any atom is 0.271 e. The molecular weight excluding hydrogens is 308 g/mol. The highest BCUT2D eigenvalue weighted by atomic mass is 16.6. The molecule has 2 aromatic rings. The summed E-state index contributed by atoms with van der Waals surface area (Å²) in [6.45, 7) is 3.75. The van der Waals surface area contributed by atoms with E-state index in [9.17, 15) is 14.9 Å². The summed E-state index contributed by atoms with van der Waals surface area (Å²) in [6.07, 6.45) is 1.35. The van der Waals surface area contributed by atoms with Gasteiger partial charge in [0.15, 0.2) is 6.10 Å². The molecule has 0 spiro atoms. The van der Waals surface area contributed by atoms with E-state index in [1.165, 1.54) is 23.8 Å². The van der Waals surface area contributed by atoms with Gasteiger partial charge in [-0.25, -0.2) is 0 Å². The summed E-state index contributed by atoms with van der Waals surface area (Å²) in [7, 11) is 0. The van der Waals surface area contributed by atoms with Crippen molar-refractivity contribution in [2.75, 3.05) is 5.32 Å². The lowest BCUT2D eigenvalue weighted by molar-refractivity contribution is -0.384. The monoisotopic (exact) mass is 328 g/mol. The summed E-state index contributed by atoms with van der Waals surface area (Å²) in [6, 6.07) is 13.4.